The van der Waals surface area contributed by atoms with Gasteiger partial charge in [-0.25, -0.2) is 4.79 Å². The van der Waals surface area contributed by atoms with Crippen molar-refractivity contribution in [3.8, 4) is 0 Å². The Morgan fingerprint density at radius 2 is 1.78 bits per heavy atom. The van der Waals surface area contributed by atoms with Gasteiger partial charge in [-0.2, -0.15) is 0 Å². The van der Waals surface area contributed by atoms with Gasteiger partial charge in [0.25, 0.3) is 11.6 Å². The van der Waals surface area contributed by atoms with Gasteiger partial charge in [0, 0.05) is 30.8 Å². The van der Waals surface area contributed by atoms with Gasteiger partial charge < -0.3 is 14.4 Å². The van der Waals surface area contributed by atoms with Gasteiger partial charge in [-0.05, 0) is 19.9 Å². The maximum absolute atomic E-state index is 12.6. The van der Waals surface area contributed by atoms with Crippen molar-refractivity contribution >= 4 is 17.6 Å². The molecule has 0 bridgehead atoms. The summed E-state index contributed by atoms with van der Waals surface area (Å²) in [7, 11) is 1.17. The summed E-state index contributed by atoms with van der Waals surface area (Å²) in [6.07, 6.45) is -0.247. The van der Waals surface area contributed by atoms with Crippen LogP contribution in [-0.4, -0.2) is 54.1 Å². The maximum atomic E-state index is 12.6. The number of amides is 1. The number of hydrogen-bond acceptors (Lipinski definition) is 6. The van der Waals surface area contributed by atoms with Gasteiger partial charge in [0.05, 0.1) is 29.8 Å². The Bertz CT molecular complexity index is 635. The molecule has 2 rings (SSSR count). The fourth-order valence-corrected chi connectivity index (χ4v) is 2.60. The summed E-state index contributed by atoms with van der Waals surface area (Å²) in [5.74, 6) is -1.10. The molecule has 0 spiro atoms. The molecule has 1 aliphatic heterocycles. The molecule has 8 nitrogen and oxygen atoms in total. The lowest BCUT2D eigenvalue weighted by Crippen LogP contribution is -2.48. The van der Waals surface area contributed by atoms with Crippen molar-refractivity contribution in [1.82, 2.24) is 4.90 Å². The molecule has 0 aliphatic carbocycles. The van der Waals surface area contributed by atoms with Crippen LogP contribution in [0, 0.1) is 10.1 Å². The molecule has 1 heterocycles. The molecule has 23 heavy (non-hydrogen) atoms. The average molecular weight is 322 g/mol. The number of methoxy groups -OCH3 is 1. The van der Waals surface area contributed by atoms with E-state index in [-0.39, 0.29) is 34.9 Å². The van der Waals surface area contributed by atoms with E-state index in [4.69, 9.17) is 4.74 Å². The molecule has 1 fully saturated rings. The Kier molecular flexibility index (Phi) is 4.95. The molecule has 0 unspecified atom stereocenters. The van der Waals surface area contributed by atoms with E-state index < -0.39 is 10.9 Å². The second kappa shape index (κ2) is 6.74. The number of nitrogens with zero attached hydrogens (tertiary/aromatic N) is 2. The summed E-state index contributed by atoms with van der Waals surface area (Å²) >= 11 is 0. The molecule has 1 aliphatic rings. The van der Waals surface area contributed by atoms with Crippen LogP contribution >= 0.6 is 0 Å². The maximum Gasteiger partial charge on any atom is 0.338 e. The molecule has 0 N–H and O–H groups in total. The van der Waals surface area contributed by atoms with E-state index in [9.17, 15) is 19.7 Å². The van der Waals surface area contributed by atoms with E-state index >= 15 is 0 Å². The predicted octanol–water partition coefficient (Wildman–Crippen LogP) is 1.63. The van der Waals surface area contributed by atoms with Crippen molar-refractivity contribution < 1.29 is 24.0 Å². The summed E-state index contributed by atoms with van der Waals surface area (Å²) in [4.78, 5) is 36.2. The lowest BCUT2D eigenvalue weighted by Gasteiger charge is -2.35. The molecular formula is C15H18N2O6. The van der Waals surface area contributed by atoms with Crippen molar-refractivity contribution in [3.05, 3.63) is 39.4 Å². The first-order chi connectivity index (χ1) is 10.8. The second-order valence-electron chi connectivity index (χ2n) is 5.48. The number of rotatable bonds is 3. The number of carbonyl (C=O) groups is 2. The minimum atomic E-state index is -0.730. The van der Waals surface area contributed by atoms with E-state index in [0.29, 0.717) is 13.1 Å². The standard InChI is InChI=1S/C15H18N2O6/c1-9-7-16(8-10(2)23-9)14(18)11-4-12(15(19)22-3)6-13(5-11)17(20)21/h4-6,9-10H,7-8H2,1-3H3/t9-,10-/m0/s1. The van der Waals surface area contributed by atoms with E-state index in [0.717, 1.165) is 6.07 Å². The predicted molar refractivity (Wildman–Crippen MR) is 80.3 cm³/mol. The Hall–Kier alpha value is -2.48. The highest BCUT2D eigenvalue weighted by Crippen LogP contribution is 2.21. The summed E-state index contributed by atoms with van der Waals surface area (Å²) in [5.41, 5.74) is -0.272. The average Bonchev–Trinajstić information content (AvgIpc) is 2.51. The van der Waals surface area contributed by atoms with Gasteiger partial charge in [-0.15, -0.1) is 0 Å². The van der Waals surface area contributed by atoms with E-state index in [2.05, 4.69) is 4.74 Å². The molecule has 0 aromatic heterocycles. The van der Waals surface area contributed by atoms with Gasteiger partial charge in [-0.3, -0.25) is 14.9 Å². The van der Waals surface area contributed by atoms with E-state index in [1.54, 1.807) is 4.90 Å². The third-order valence-electron chi connectivity index (χ3n) is 3.50. The highest BCUT2D eigenvalue weighted by atomic mass is 16.6. The zero-order chi connectivity index (χ0) is 17.1. The fourth-order valence-electron chi connectivity index (χ4n) is 2.60. The number of hydrogen-bond donors (Lipinski definition) is 0. The molecule has 2 atom stereocenters. The molecule has 124 valence electrons. The Morgan fingerprint density at radius 1 is 1.22 bits per heavy atom. The largest absolute Gasteiger partial charge is 0.465 e. The first-order valence-corrected chi connectivity index (χ1v) is 7.14. The van der Waals surface area contributed by atoms with Crippen molar-refractivity contribution in [3.63, 3.8) is 0 Å². The second-order valence-corrected chi connectivity index (χ2v) is 5.48. The number of nitro groups is 1. The van der Waals surface area contributed by atoms with Crippen LogP contribution in [0.25, 0.3) is 0 Å². The first kappa shape index (κ1) is 16.9. The molecule has 8 heteroatoms. The highest BCUT2D eigenvalue weighted by Gasteiger charge is 2.28. The quantitative estimate of drug-likeness (QED) is 0.476. The van der Waals surface area contributed by atoms with Crippen LogP contribution in [0.3, 0.4) is 0 Å². The highest BCUT2D eigenvalue weighted by molar-refractivity contribution is 5.99. The van der Waals surface area contributed by atoms with Crippen molar-refractivity contribution in [2.75, 3.05) is 20.2 Å². The zero-order valence-corrected chi connectivity index (χ0v) is 13.1. The van der Waals surface area contributed by atoms with Gasteiger partial charge in [-0.1, -0.05) is 0 Å². The van der Waals surface area contributed by atoms with Crippen molar-refractivity contribution in [2.45, 2.75) is 26.1 Å². The molecule has 0 radical (unpaired) electrons. The number of ether oxygens (including phenoxy) is 2. The van der Waals surface area contributed by atoms with Crippen molar-refractivity contribution in [1.29, 1.82) is 0 Å². The monoisotopic (exact) mass is 322 g/mol. The molecule has 1 aromatic rings. The molecule has 1 amide bonds. The molecule has 1 saturated heterocycles. The van der Waals surface area contributed by atoms with Crippen LogP contribution in [-0.2, 0) is 9.47 Å². The van der Waals surface area contributed by atoms with Crippen LogP contribution in [0.4, 0.5) is 5.69 Å². The third-order valence-corrected chi connectivity index (χ3v) is 3.50. The summed E-state index contributed by atoms with van der Waals surface area (Å²) < 4.78 is 10.1. The van der Waals surface area contributed by atoms with Gasteiger partial charge in [0.15, 0.2) is 0 Å². The summed E-state index contributed by atoms with van der Waals surface area (Å²) in [6, 6.07) is 3.57. The SMILES string of the molecule is COC(=O)c1cc(C(=O)N2C[C@H](C)O[C@@H](C)C2)cc([N+](=O)[O-])c1. The Balaban J connectivity index is 2.37. The number of esters is 1. The number of benzene rings is 1. The van der Waals surface area contributed by atoms with Crippen LogP contribution in [0.15, 0.2) is 18.2 Å². The molecule has 0 saturated carbocycles. The number of nitro benzene ring substituents is 1. The third kappa shape index (κ3) is 3.84. The Morgan fingerprint density at radius 3 is 2.30 bits per heavy atom. The lowest BCUT2D eigenvalue weighted by atomic mass is 10.1. The van der Waals surface area contributed by atoms with Crippen LogP contribution in [0.2, 0.25) is 0 Å². The van der Waals surface area contributed by atoms with E-state index in [1.807, 2.05) is 13.8 Å². The van der Waals surface area contributed by atoms with Crippen LogP contribution < -0.4 is 0 Å². The normalized spacial score (nSPS) is 20.9. The smallest absolute Gasteiger partial charge is 0.338 e. The minimum absolute atomic E-state index is 0.0283. The summed E-state index contributed by atoms with van der Waals surface area (Å²) in [5, 5.41) is 11.0. The number of non-ortho nitro benzene ring substituents is 1. The van der Waals surface area contributed by atoms with Gasteiger partial charge >= 0.3 is 5.97 Å². The molecule has 1 aromatic carbocycles. The molecular weight excluding hydrogens is 304 g/mol. The van der Waals surface area contributed by atoms with Crippen LogP contribution in [0.1, 0.15) is 34.6 Å². The fraction of sp³-hybridized carbons (Fsp3) is 0.467. The zero-order valence-electron chi connectivity index (χ0n) is 13.1. The van der Waals surface area contributed by atoms with Crippen molar-refractivity contribution in [2.24, 2.45) is 0 Å². The lowest BCUT2D eigenvalue weighted by molar-refractivity contribution is -0.384. The Labute approximate surface area is 133 Å². The number of morpholine rings is 1. The summed E-state index contributed by atoms with van der Waals surface area (Å²) in [6.45, 7) is 4.48. The van der Waals surface area contributed by atoms with Gasteiger partial charge in [0.1, 0.15) is 0 Å². The van der Waals surface area contributed by atoms with Gasteiger partial charge in [0.2, 0.25) is 0 Å². The first-order valence-electron chi connectivity index (χ1n) is 7.14. The topological polar surface area (TPSA) is 99.0 Å². The van der Waals surface area contributed by atoms with Crippen LogP contribution in [0.5, 0.6) is 0 Å². The van der Waals surface area contributed by atoms with E-state index in [1.165, 1.54) is 19.2 Å². The number of carbonyl (C=O) groups excluding carboxylic acids is 2. The minimum Gasteiger partial charge on any atom is -0.465 e.